The highest BCUT2D eigenvalue weighted by Gasteiger charge is 2.23. The number of aliphatic hydroxyl groups excluding tert-OH is 1. The predicted octanol–water partition coefficient (Wildman–Crippen LogP) is 3.38. The first-order chi connectivity index (χ1) is 11.2. The van der Waals surface area contributed by atoms with Gasteiger partial charge in [0.2, 0.25) is 5.91 Å². The zero-order chi connectivity index (χ0) is 16.2. The first kappa shape index (κ1) is 15.6. The SMILES string of the molecule is Cc1ccc(CO)cc1NC(=O)CC1CCOc2ccccc21. The molecule has 4 heteroatoms. The third kappa shape index (κ3) is 3.54. The number of nitrogens with one attached hydrogen (secondary N) is 1. The highest BCUT2D eigenvalue weighted by Crippen LogP contribution is 2.35. The average molecular weight is 311 g/mol. The number of benzene rings is 2. The second-order valence-electron chi connectivity index (χ2n) is 5.93. The molecule has 0 aliphatic carbocycles. The first-order valence-corrected chi connectivity index (χ1v) is 7.89. The van der Waals surface area contributed by atoms with Crippen molar-refractivity contribution < 1.29 is 14.6 Å². The average Bonchev–Trinajstić information content (AvgIpc) is 2.57. The molecule has 1 unspecified atom stereocenters. The van der Waals surface area contributed by atoms with Crippen LogP contribution in [0.15, 0.2) is 42.5 Å². The molecule has 0 bridgehead atoms. The summed E-state index contributed by atoms with van der Waals surface area (Å²) in [5.41, 5.74) is 3.65. The van der Waals surface area contributed by atoms with Crippen molar-refractivity contribution in [3.63, 3.8) is 0 Å². The molecule has 2 aromatic rings. The number of para-hydroxylation sites is 1. The summed E-state index contributed by atoms with van der Waals surface area (Å²) in [5.74, 6) is 1.06. The normalized spacial score (nSPS) is 16.3. The van der Waals surface area contributed by atoms with E-state index in [1.54, 1.807) is 0 Å². The van der Waals surface area contributed by atoms with E-state index in [0.29, 0.717) is 13.0 Å². The van der Waals surface area contributed by atoms with Crippen LogP contribution in [0.2, 0.25) is 0 Å². The number of aryl methyl sites for hydroxylation is 1. The lowest BCUT2D eigenvalue weighted by Crippen LogP contribution is -2.21. The van der Waals surface area contributed by atoms with Crippen LogP contribution in [0.3, 0.4) is 0 Å². The van der Waals surface area contributed by atoms with E-state index in [1.165, 1.54) is 0 Å². The second kappa shape index (κ2) is 6.84. The maximum Gasteiger partial charge on any atom is 0.224 e. The van der Waals surface area contributed by atoms with Crippen LogP contribution in [0.4, 0.5) is 5.69 Å². The molecule has 23 heavy (non-hydrogen) atoms. The molecule has 1 aliphatic heterocycles. The van der Waals surface area contributed by atoms with E-state index in [2.05, 4.69) is 5.32 Å². The van der Waals surface area contributed by atoms with Gasteiger partial charge in [0.15, 0.2) is 0 Å². The number of rotatable bonds is 4. The van der Waals surface area contributed by atoms with E-state index in [0.717, 1.165) is 34.5 Å². The van der Waals surface area contributed by atoms with Crippen LogP contribution in [0, 0.1) is 6.92 Å². The van der Waals surface area contributed by atoms with Gasteiger partial charge in [-0.25, -0.2) is 0 Å². The van der Waals surface area contributed by atoms with Gasteiger partial charge >= 0.3 is 0 Å². The lowest BCUT2D eigenvalue weighted by Gasteiger charge is -2.25. The van der Waals surface area contributed by atoms with Crippen LogP contribution < -0.4 is 10.1 Å². The number of amides is 1. The van der Waals surface area contributed by atoms with Gasteiger partial charge in [-0.2, -0.15) is 0 Å². The topological polar surface area (TPSA) is 58.6 Å². The summed E-state index contributed by atoms with van der Waals surface area (Å²) in [6.45, 7) is 2.56. The van der Waals surface area contributed by atoms with Gasteiger partial charge in [-0.3, -0.25) is 4.79 Å². The van der Waals surface area contributed by atoms with E-state index in [-0.39, 0.29) is 18.4 Å². The Morgan fingerprint density at radius 1 is 1.30 bits per heavy atom. The largest absolute Gasteiger partial charge is 0.493 e. The van der Waals surface area contributed by atoms with Gasteiger partial charge in [-0.15, -0.1) is 0 Å². The fraction of sp³-hybridized carbons (Fsp3) is 0.316. The lowest BCUT2D eigenvalue weighted by molar-refractivity contribution is -0.116. The molecular formula is C19H21NO3. The van der Waals surface area contributed by atoms with Gasteiger partial charge in [-0.1, -0.05) is 30.3 Å². The van der Waals surface area contributed by atoms with Crippen molar-refractivity contribution in [2.24, 2.45) is 0 Å². The molecule has 3 rings (SSSR count). The quantitative estimate of drug-likeness (QED) is 0.910. The van der Waals surface area contributed by atoms with Crippen molar-refractivity contribution in [2.45, 2.75) is 32.3 Å². The number of carbonyl (C=O) groups is 1. The van der Waals surface area contributed by atoms with E-state index in [1.807, 2.05) is 49.4 Å². The van der Waals surface area contributed by atoms with Gasteiger partial charge in [0.1, 0.15) is 5.75 Å². The molecule has 2 aromatic carbocycles. The monoisotopic (exact) mass is 311 g/mol. The minimum absolute atomic E-state index is 0.00936. The lowest BCUT2D eigenvalue weighted by atomic mass is 9.90. The van der Waals surface area contributed by atoms with E-state index in [4.69, 9.17) is 4.74 Å². The van der Waals surface area contributed by atoms with Crippen molar-refractivity contribution in [1.29, 1.82) is 0 Å². The molecule has 0 saturated heterocycles. The van der Waals surface area contributed by atoms with Crippen molar-refractivity contribution >= 4 is 11.6 Å². The molecule has 0 saturated carbocycles. The Hall–Kier alpha value is -2.33. The number of fused-ring (bicyclic) bond motifs is 1. The number of ether oxygens (including phenoxy) is 1. The van der Waals surface area contributed by atoms with E-state index in [9.17, 15) is 9.90 Å². The Morgan fingerprint density at radius 2 is 2.13 bits per heavy atom. The number of hydrogen-bond donors (Lipinski definition) is 2. The van der Waals surface area contributed by atoms with Crippen LogP contribution in [0.25, 0.3) is 0 Å². The number of hydrogen-bond acceptors (Lipinski definition) is 3. The first-order valence-electron chi connectivity index (χ1n) is 7.89. The molecule has 1 aliphatic rings. The fourth-order valence-electron chi connectivity index (χ4n) is 2.96. The van der Waals surface area contributed by atoms with Crippen LogP contribution in [0.5, 0.6) is 5.75 Å². The van der Waals surface area contributed by atoms with Crippen LogP contribution >= 0.6 is 0 Å². The fourth-order valence-corrected chi connectivity index (χ4v) is 2.96. The van der Waals surface area contributed by atoms with Crippen LogP contribution in [0.1, 0.15) is 35.4 Å². The summed E-state index contributed by atoms with van der Waals surface area (Å²) in [6.07, 6.45) is 1.28. The molecule has 0 fully saturated rings. The molecule has 0 radical (unpaired) electrons. The summed E-state index contributed by atoms with van der Waals surface area (Å²) in [7, 11) is 0. The molecule has 0 aromatic heterocycles. The summed E-state index contributed by atoms with van der Waals surface area (Å²) in [5, 5.41) is 12.2. The number of anilines is 1. The molecule has 4 nitrogen and oxygen atoms in total. The Balaban J connectivity index is 1.71. The Kier molecular flexibility index (Phi) is 4.63. The number of carbonyl (C=O) groups excluding carboxylic acids is 1. The maximum absolute atomic E-state index is 12.4. The van der Waals surface area contributed by atoms with Crippen molar-refractivity contribution in [3.05, 3.63) is 59.2 Å². The molecule has 1 heterocycles. The maximum atomic E-state index is 12.4. The minimum Gasteiger partial charge on any atom is -0.493 e. The molecule has 2 N–H and O–H groups in total. The highest BCUT2D eigenvalue weighted by atomic mass is 16.5. The highest BCUT2D eigenvalue weighted by molar-refractivity contribution is 5.92. The van der Waals surface area contributed by atoms with Crippen molar-refractivity contribution in [2.75, 3.05) is 11.9 Å². The second-order valence-corrected chi connectivity index (χ2v) is 5.93. The molecule has 1 atom stereocenters. The third-order valence-corrected chi connectivity index (χ3v) is 4.27. The zero-order valence-corrected chi connectivity index (χ0v) is 13.2. The summed E-state index contributed by atoms with van der Waals surface area (Å²) >= 11 is 0. The van der Waals surface area contributed by atoms with Gasteiger partial charge in [0, 0.05) is 12.1 Å². The molecule has 120 valence electrons. The third-order valence-electron chi connectivity index (χ3n) is 4.27. The van der Waals surface area contributed by atoms with Gasteiger partial charge in [0.25, 0.3) is 0 Å². The van der Waals surface area contributed by atoms with Crippen molar-refractivity contribution in [1.82, 2.24) is 0 Å². The van der Waals surface area contributed by atoms with E-state index >= 15 is 0 Å². The van der Waals surface area contributed by atoms with E-state index < -0.39 is 0 Å². The Bertz CT molecular complexity index is 712. The minimum atomic E-state index is -0.0313. The van der Waals surface area contributed by atoms with Gasteiger partial charge in [-0.05, 0) is 48.1 Å². The molecule has 1 amide bonds. The Morgan fingerprint density at radius 3 is 2.96 bits per heavy atom. The molecular weight excluding hydrogens is 290 g/mol. The zero-order valence-electron chi connectivity index (χ0n) is 13.2. The summed E-state index contributed by atoms with van der Waals surface area (Å²) in [6, 6.07) is 13.5. The van der Waals surface area contributed by atoms with Crippen molar-refractivity contribution in [3.8, 4) is 5.75 Å². The summed E-state index contributed by atoms with van der Waals surface area (Å²) < 4.78 is 5.64. The van der Waals surface area contributed by atoms with Gasteiger partial charge in [0.05, 0.1) is 13.2 Å². The van der Waals surface area contributed by atoms with Crippen LogP contribution in [-0.4, -0.2) is 17.6 Å². The van der Waals surface area contributed by atoms with Crippen LogP contribution in [-0.2, 0) is 11.4 Å². The summed E-state index contributed by atoms with van der Waals surface area (Å²) in [4.78, 5) is 12.4. The smallest absolute Gasteiger partial charge is 0.224 e. The van der Waals surface area contributed by atoms with Gasteiger partial charge < -0.3 is 15.2 Å². The Labute approximate surface area is 136 Å². The number of aliphatic hydroxyl groups is 1. The standard InChI is InChI=1S/C19H21NO3/c1-13-6-7-14(12-21)10-17(13)20-19(22)11-15-8-9-23-18-5-3-2-4-16(15)18/h2-7,10,15,21H,8-9,11-12H2,1H3,(H,20,22). The predicted molar refractivity (Wildman–Crippen MR) is 89.6 cm³/mol. The molecule has 0 spiro atoms.